The minimum Gasteiger partial charge on any atom is -0.452 e. The smallest absolute Gasteiger partial charge is 0.339 e. The zero-order valence-electron chi connectivity index (χ0n) is 16.8. The lowest BCUT2D eigenvalue weighted by molar-refractivity contribution is -0.119. The fourth-order valence-corrected chi connectivity index (χ4v) is 3.68. The van der Waals surface area contributed by atoms with Crippen LogP contribution in [-0.4, -0.2) is 56.7 Å². The number of amides is 2. The molecule has 160 valence electrons. The van der Waals surface area contributed by atoms with Gasteiger partial charge < -0.3 is 20.1 Å². The second-order valence-electron chi connectivity index (χ2n) is 5.98. The second-order valence-corrected chi connectivity index (χ2v) is 7.88. The van der Waals surface area contributed by atoms with E-state index in [1.807, 2.05) is 24.5 Å². The number of anilines is 1. The maximum Gasteiger partial charge on any atom is 0.339 e. The Morgan fingerprint density at radius 1 is 1.03 bits per heavy atom. The number of thioether (sulfide) groups is 2. The summed E-state index contributed by atoms with van der Waals surface area (Å²) in [6.07, 6.45) is 1.95. The fraction of sp³-hybridized carbons (Fsp3) is 0.286. The van der Waals surface area contributed by atoms with E-state index >= 15 is 0 Å². The molecule has 2 amide bonds. The van der Waals surface area contributed by atoms with Crippen molar-refractivity contribution in [3.63, 3.8) is 0 Å². The first-order chi connectivity index (χ1) is 14.5. The summed E-state index contributed by atoms with van der Waals surface area (Å²) in [7, 11) is 1.56. The maximum atomic E-state index is 12.4. The van der Waals surface area contributed by atoms with Gasteiger partial charge >= 0.3 is 5.97 Å². The molecule has 0 aliphatic rings. The van der Waals surface area contributed by atoms with E-state index in [4.69, 9.17) is 9.47 Å². The van der Waals surface area contributed by atoms with Crippen LogP contribution in [0.4, 0.5) is 5.69 Å². The van der Waals surface area contributed by atoms with Crippen LogP contribution in [0, 0.1) is 0 Å². The molecule has 2 N–H and O–H groups in total. The lowest BCUT2D eigenvalue weighted by atomic mass is 10.2. The summed E-state index contributed by atoms with van der Waals surface area (Å²) in [6, 6.07) is 14.2. The Hall–Kier alpha value is -2.49. The Bertz CT molecular complexity index is 876. The second kappa shape index (κ2) is 12.9. The average Bonchev–Trinajstić information content (AvgIpc) is 2.76. The molecule has 2 rings (SSSR count). The standard InChI is InChI=1S/C21H24N2O5S2/c1-27-11-10-22-20(25)14-30-18-9-4-3-8-17(18)21(26)28-13-19(24)23-15-6-5-7-16(12-15)29-2/h3-9,12H,10-11,13-14H2,1-2H3,(H,22,25)(H,23,24). The molecule has 0 aliphatic heterocycles. The van der Waals surface area contributed by atoms with E-state index in [2.05, 4.69) is 10.6 Å². The van der Waals surface area contributed by atoms with Gasteiger partial charge in [-0.3, -0.25) is 9.59 Å². The molecule has 0 radical (unpaired) electrons. The van der Waals surface area contributed by atoms with Gasteiger partial charge in [0.1, 0.15) is 0 Å². The van der Waals surface area contributed by atoms with E-state index in [0.717, 1.165) is 4.90 Å². The largest absolute Gasteiger partial charge is 0.452 e. The van der Waals surface area contributed by atoms with E-state index in [-0.39, 0.29) is 11.7 Å². The van der Waals surface area contributed by atoms with Crippen molar-refractivity contribution < 1.29 is 23.9 Å². The Morgan fingerprint density at radius 2 is 1.83 bits per heavy atom. The first-order valence-electron chi connectivity index (χ1n) is 9.12. The molecule has 30 heavy (non-hydrogen) atoms. The third kappa shape index (κ3) is 8.10. The summed E-state index contributed by atoms with van der Waals surface area (Å²) in [4.78, 5) is 38.0. The van der Waals surface area contributed by atoms with Gasteiger partial charge in [0.25, 0.3) is 5.91 Å². The van der Waals surface area contributed by atoms with Crippen LogP contribution in [0.15, 0.2) is 58.3 Å². The highest BCUT2D eigenvalue weighted by Gasteiger charge is 2.15. The number of rotatable bonds is 11. The summed E-state index contributed by atoms with van der Waals surface area (Å²) in [6.45, 7) is 0.455. The Labute approximate surface area is 184 Å². The van der Waals surface area contributed by atoms with Gasteiger partial charge in [-0.15, -0.1) is 23.5 Å². The first-order valence-corrected chi connectivity index (χ1v) is 11.3. The van der Waals surface area contributed by atoms with Gasteiger partial charge in [0.05, 0.1) is 17.9 Å². The normalized spacial score (nSPS) is 10.3. The molecule has 0 bridgehead atoms. The molecule has 0 fully saturated rings. The van der Waals surface area contributed by atoms with Crippen LogP contribution < -0.4 is 10.6 Å². The van der Waals surface area contributed by atoms with Gasteiger partial charge in [-0.05, 0) is 36.6 Å². The van der Waals surface area contributed by atoms with E-state index < -0.39 is 18.5 Å². The monoisotopic (exact) mass is 448 g/mol. The Kier molecular flexibility index (Phi) is 10.3. The highest BCUT2D eigenvalue weighted by Crippen LogP contribution is 2.23. The van der Waals surface area contributed by atoms with Crippen LogP contribution in [0.5, 0.6) is 0 Å². The van der Waals surface area contributed by atoms with Gasteiger partial charge in [-0.2, -0.15) is 0 Å². The summed E-state index contributed by atoms with van der Waals surface area (Å²) >= 11 is 2.79. The highest BCUT2D eigenvalue weighted by atomic mass is 32.2. The average molecular weight is 449 g/mol. The predicted octanol–water partition coefficient (Wildman–Crippen LogP) is 3.06. The number of esters is 1. The van der Waals surface area contributed by atoms with Crippen molar-refractivity contribution in [1.82, 2.24) is 5.32 Å². The van der Waals surface area contributed by atoms with Crippen LogP contribution in [0.25, 0.3) is 0 Å². The minimum atomic E-state index is -0.620. The summed E-state index contributed by atoms with van der Waals surface area (Å²) < 4.78 is 10.0. The Morgan fingerprint density at radius 3 is 2.60 bits per heavy atom. The van der Waals surface area contributed by atoms with Crippen molar-refractivity contribution >= 4 is 47.0 Å². The van der Waals surface area contributed by atoms with E-state index in [0.29, 0.717) is 29.3 Å². The van der Waals surface area contributed by atoms with Crippen molar-refractivity contribution in [2.24, 2.45) is 0 Å². The molecule has 0 saturated carbocycles. The molecule has 0 saturated heterocycles. The zero-order chi connectivity index (χ0) is 21.8. The number of methoxy groups -OCH3 is 1. The van der Waals surface area contributed by atoms with Crippen LogP contribution in [0.1, 0.15) is 10.4 Å². The molecule has 0 aliphatic carbocycles. The summed E-state index contributed by atoms with van der Waals surface area (Å²) in [5.74, 6) is -1.05. The summed E-state index contributed by atoms with van der Waals surface area (Å²) in [5, 5.41) is 5.42. The number of benzene rings is 2. The lowest BCUT2D eigenvalue weighted by Crippen LogP contribution is -2.28. The third-order valence-corrected chi connectivity index (χ3v) is 5.58. The number of nitrogens with one attached hydrogen (secondary N) is 2. The minimum absolute atomic E-state index is 0.153. The van der Waals surface area contributed by atoms with Crippen molar-refractivity contribution in [3.8, 4) is 0 Å². The zero-order valence-corrected chi connectivity index (χ0v) is 18.4. The van der Waals surface area contributed by atoms with Crippen LogP contribution in [0.3, 0.4) is 0 Å². The molecule has 0 heterocycles. The van der Waals surface area contributed by atoms with Crippen molar-refractivity contribution in [1.29, 1.82) is 0 Å². The molecule has 7 nitrogen and oxygen atoms in total. The van der Waals surface area contributed by atoms with Gasteiger partial charge in [-0.25, -0.2) is 4.79 Å². The molecule has 2 aromatic rings. The number of carbonyl (C=O) groups excluding carboxylic acids is 3. The van der Waals surface area contributed by atoms with E-state index in [1.165, 1.54) is 11.8 Å². The Balaban J connectivity index is 1.87. The molecule has 0 aromatic heterocycles. The molecule has 9 heteroatoms. The molecular formula is C21H24N2O5S2. The molecule has 2 aromatic carbocycles. The van der Waals surface area contributed by atoms with Crippen molar-refractivity contribution in [2.75, 3.05) is 44.2 Å². The quantitative estimate of drug-likeness (QED) is 0.310. The SMILES string of the molecule is COCCNC(=O)CSc1ccccc1C(=O)OCC(=O)Nc1cccc(SC)c1. The van der Waals surface area contributed by atoms with Crippen LogP contribution in [0.2, 0.25) is 0 Å². The van der Waals surface area contributed by atoms with E-state index in [9.17, 15) is 14.4 Å². The molecule has 0 atom stereocenters. The number of carbonyl (C=O) groups is 3. The molecule has 0 spiro atoms. The van der Waals surface area contributed by atoms with Gasteiger partial charge in [0.2, 0.25) is 5.91 Å². The van der Waals surface area contributed by atoms with Crippen LogP contribution >= 0.6 is 23.5 Å². The predicted molar refractivity (Wildman–Crippen MR) is 119 cm³/mol. The topological polar surface area (TPSA) is 93.7 Å². The van der Waals surface area contributed by atoms with Gasteiger partial charge in [-0.1, -0.05) is 18.2 Å². The number of hydrogen-bond donors (Lipinski definition) is 2. The fourth-order valence-electron chi connectivity index (χ4n) is 2.35. The lowest BCUT2D eigenvalue weighted by Gasteiger charge is -2.10. The highest BCUT2D eigenvalue weighted by molar-refractivity contribution is 8.00. The molecule has 0 unspecified atom stereocenters. The number of ether oxygens (including phenoxy) is 2. The third-order valence-electron chi connectivity index (χ3n) is 3.78. The van der Waals surface area contributed by atoms with Crippen LogP contribution in [-0.2, 0) is 19.1 Å². The maximum absolute atomic E-state index is 12.4. The summed E-state index contributed by atoms with van der Waals surface area (Å²) in [5.41, 5.74) is 0.947. The van der Waals surface area contributed by atoms with E-state index in [1.54, 1.807) is 49.2 Å². The van der Waals surface area contributed by atoms with Gasteiger partial charge in [0, 0.05) is 29.1 Å². The van der Waals surface area contributed by atoms with Crippen molar-refractivity contribution in [2.45, 2.75) is 9.79 Å². The first kappa shape index (κ1) is 23.8. The molecular weight excluding hydrogens is 424 g/mol. The van der Waals surface area contributed by atoms with Crippen molar-refractivity contribution in [3.05, 3.63) is 54.1 Å². The van der Waals surface area contributed by atoms with Gasteiger partial charge in [0.15, 0.2) is 6.61 Å². The number of hydrogen-bond acceptors (Lipinski definition) is 7.